The molecule has 5 N–H and O–H groups in total. The van der Waals surface area contributed by atoms with Gasteiger partial charge < -0.3 is 26.2 Å². The zero-order valence-corrected chi connectivity index (χ0v) is 21.0. The summed E-state index contributed by atoms with van der Waals surface area (Å²) in [5, 5.41) is 28.1. The number of nitrogens with one attached hydrogen (secondary N) is 3. The van der Waals surface area contributed by atoms with E-state index in [9.17, 15) is 9.50 Å². The van der Waals surface area contributed by atoms with Gasteiger partial charge in [0.15, 0.2) is 11.6 Å². The summed E-state index contributed by atoms with van der Waals surface area (Å²) in [4.78, 5) is 8.30. The Bertz CT molecular complexity index is 845. The van der Waals surface area contributed by atoms with E-state index < -0.39 is 11.9 Å². The Kier molecular flexibility index (Phi) is 13.1. The van der Waals surface area contributed by atoms with Gasteiger partial charge >= 0.3 is 0 Å². The molecule has 0 saturated carbocycles. The van der Waals surface area contributed by atoms with E-state index in [-0.39, 0.29) is 12.4 Å². The monoisotopic (exact) mass is 495 g/mol. The van der Waals surface area contributed by atoms with Crippen molar-refractivity contribution < 1.29 is 14.6 Å². The first-order chi connectivity index (χ1) is 16.4. The highest BCUT2D eigenvalue weighted by Gasteiger charge is 2.10. The third-order valence-electron chi connectivity index (χ3n) is 5.79. The molecule has 2 rings (SSSR count). The van der Waals surface area contributed by atoms with Crippen LogP contribution in [0.15, 0.2) is 30.5 Å². The number of benzene rings is 1. The second kappa shape index (κ2) is 15.8. The van der Waals surface area contributed by atoms with Crippen molar-refractivity contribution in [1.82, 2.24) is 15.3 Å². The normalized spacial score (nSPS) is 13.9. The number of anilines is 2. The molecule has 0 saturated heterocycles. The summed E-state index contributed by atoms with van der Waals surface area (Å²) in [5.41, 5.74) is 0.922. The zero-order chi connectivity index (χ0) is 24.8. The molecule has 1 heterocycles. The molecule has 1 aromatic heterocycles. The lowest BCUT2D eigenvalue weighted by molar-refractivity contribution is 0.0944. The SMILES string of the molecule is CC(CCCNCC(O)CO)CCCC(C)CNc1nc(NCc2ccccc2Cl)ncc1F. The van der Waals surface area contributed by atoms with Crippen LogP contribution >= 0.6 is 11.6 Å². The molecule has 0 spiro atoms. The van der Waals surface area contributed by atoms with E-state index in [1.807, 2.05) is 24.3 Å². The highest BCUT2D eigenvalue weighted by Crippen LogP contribution is 2.19. The number of hydrogen-bond acceptors (Lipinski definition) is 7. The number of rotatable bonds is 17. The Morgan fingerprint density at radius 1 is 1.03 bits per heavy atom. The molecule has 3 unspecified atom stereocenters. The third kappa shape index (κ3) is 11.0. The molecule has 0 fully saturated rings. The maximum atomic E-state index is 14.2. The number of halogens is 2. The van der Waals surface area contributed by atoms with E-state index in [1.165, 1.54) is 6.20 Å². The van der Waals surface area contributed by atoms with Crippen LogP contribution < -0.4 is 16.0 Å². The van der Waals surface area contributed by atoms with Crippen molar-refractivity contribution in [2.75, 3.05) is 36.9 Å². The van der Waals surface area contributed by atoms with E-state index in [4.69, 9.17) is 16.7 Å². The van der Waals surface area contributed by atoms with E-state index >= 15 is 0 Å². The second-order valence-electron chi connectivity index (χ2n) is 9.04. The summed E-state index contributed by atoms with van der Waals surface area (Å²) in [6.07, 6.45) is 6.01. The van der Waals surface area contributed by atoms with Crippen molar-refractivity contribution in [2.24, 2.45) is 11.8 Å². The van der Waals surface area contributed by atoms with E-state index in [0.29, 0.717) is 42.4 Å². The van der Waals surface area contributed by atoms with Gasteiger partial charge in [-0.3, -0.25) is 0 Å². The second-order valence-corrected chi connectivity index (χ2v) is 9.45. The molecule has 0 radical (unpaired) electrons. The number of aliphatic hydroxyl groups is 2. The van der Waals surface area contributed by atoms with Gasteiger partial charge in [0.25, 0.3) is 0 Å². The van der Waals surface area contributed by atoms with Gasteiger partial charge in [-0.25, -0.2) is 9.37 Å². The minimum absolute atomic E-state index is 0.204. The van der Waals surface area contributed by atoms with Crippen LogP contribution in [0.5, 0.6) is 0 Å². The average Bonchev–Trinajstić information content (AvgIpc) is 2.83. The minimum atomic E-state index is -0.681. The Morgan fingerprint density at radius 2 is 1.76 bits per heavy atom. The van der Waals surface area contributed by atoms with Crippen LogP contribution in [0.3, 0.4) is 0 Å². The Morgan fingerprint density at radius 3 is 2.53 bits per heavy atom. The molecule has 9 heteroatoms. The van der Waals surface area contributed by atoms with Gasteiger partial charge in [-0.2, -0.15) is 4.98 Å². The first-order valence-corrected chi connectivity index (χ1v) is 12.5. The lowest BCUT2D eigenvalue weighted by Gasteiger charge is -2.16. The van der Waals surface area contributed by atoms with E-state index in [1.54, 1.807) is 0 Å². The highest BCUT2D eigenvalue weighted by molar-refractivity contribution is 6.31. The maximum Gasteiger partial charge on any atom is 0.225 e. The number of hydrogen-bond donors (Lipinski definition) is 5. The van der Waals surface area contributed by atoms with Crippen LogP contribution in [0.4, 0.5) is 16.2 Å². The van der Waals surface area contributed by atoms with Gasteiger partial charge in [-0.15, -0.1) is 0 Å². The van der Waals surface area contributed by atoms with Crippen LogP contribution in [-0.4, -0.2) is 52.5 Å². The summed E-state index contributed by atoms with van der Waals surface area (Å²) >= 11 is 6.17. The van der Waals surface area contributed by atoms with Crippen molar-refractivity contribution >= 4 is 23.4 Å². The zero-order valence-electron chi connectivity index (χ0n) is 20.2. The van der Waals surface area contributed by atoms with Crippen molar-refractivity contribution in [3.8, 4) is 0 Å². The molecular weight excluding hydrogens is 457 g/mol. The van der Waals surface area contributed by atoms with Crippen molar-refractivity contribution in [3.63, 3.8) is 0 Å². The molecule has 34 heavy (non-hydrogen) atoms. The predicted octanol–water partition coefficient (Wildman–Crippen LogP) is 4.46. The largest absolute Gasteiger partial charge is 0.394 e. The lowest BCUT2D eigenvalue weighted by atomic mass is 9.95. The molecule has 0 aliphatic carbocycles. The minimum Gasteiger partial charge on any atom is -0.394 e. The molecule has 3 atom stereocenters. The van der Waals surface area contributed by atoms with Gasteiger partial charge in [-0.1, -0.05) is 56.5 Å². The maximum absolute atomic E-state index is 14.2. The fourth-order valence-corrected chi connectivity index (χ4v) is 3.84. The van der Waals surface area contributed by atoms with Crippen LogP contribution in [-0.2, 0) is 6.54 Å². The Hall–Kier alpha value is -2.00. The van der Waals surface area contributed by atoms with Crippen molar-refractivity contribution in [3.05, 3.63) is 46.9 Å². The Labute approximate surface area is 207 Å². The standard InChI is InChI=1S/C25H39ClFN5O2/c1-18(9-6-12-28-15-21(34)17-33)7-5-8-19(2)13-29-24-23(27)16-31-25(32-24)30-14-20-10-3-4-11-22(20)26/h3-4,10-11,16,18-19,21,28,33-34H,5-9,12-15,17H2,1-2H3,(H2,29,30,31,32). The molecule has 190 valence electrons. The van der Waals surface area contributed by atoms with Crippen LogP contribution in [0.25, 0.3) is 0 Å². The Balaban J connectivity index is 1.65. The first-order valence-electron chi connectivity index (χ1n) is 12.1. The average molecular weight is 496 g/mol. The van der Waals surface area contributed by atoms with Gasteiger partial charge in [0.1, 0.15) is 0 Å². The topological polar surface area (TPSA) is 102 Å². The third-order valence-corrected chi connectivity index (χ3v) is 6.16. The molecule has 1 aromatic carbocycles. The van der Waals surface area contributed by atoms with Crippen LogP contribution in [0.1, 0.15) is 51.5 Å². The summed E-state index contributed by atoms with van der Waals surface area (Å²) < 4.78 is 14.2. The van der Waals surface area contributed by atoms with E-state index in [0.717, 1.165) is 44.2 Å². The molecule has 0 bridgehead atoms. The summed E-state index contributed by atoms with van der Waals surface area (Å²) in [5.74, 6) is 1.11. The van der Waals surface area contributed by atoms with Gasteiger partial charge in [0.2, 0.25) is 5.95 Å². The summed E-state index contributed by atoms with van der Waals surface area (Å²) in [6.45, 7) is 6.59. The van der Waals surface area contributed by atoms with Gasteiger partial charge in [0.05, 0.1) is 18.9 Å². The first kappa shape index (κ1) is 28.2. The van der Waals surface area contributed by atoms with Gasteiger partial charge in [-0.05, 0) is 49.3 Å². The molecule has 0 amide bonds. The quantitative estimate of drug-likeness (QED) is 0.206. The van der Waals surface area contributed by atoms with E-state index in [2.05, 4.69) is 39.8 Å². The van der Waals surface area contributed by atoms with Crippen molar-refractivity contribution in [2.45, 2.75) is 58.6 Å². The molecule has 0 aliphatic rings. The number of nitrogens with zero attached hydrogens (tertiary/aromatic N) is 2. The summed E-state index contributed by atoms with van der Waals surface area (Å²) in [7, 11) is 0. The van der Waals surface area contributed by atoms with Crippen molar-refractivity contribution in [1.29, 1.82) is 0 Å². The fourth-order valence-electron chi connectivity index (χ4n) is 3.63. The molecule has 2 aromatic rings. The number of aromatic nitrogens is 2. The molecule has 0 aliphatic heterocycles. The molecule has 7 nitrogen and oxygen atoms in total. The molecular formula is C25H39ClFN5O2. The highest BCUT2D eigenvalue weighted by atomic mass is 35.5. The fraction of sp³-hybridized carbons (Fsp3) is 0.600. The van der Waals surface area contributed by atoms with Crippen LogP contribution in [0, 0.1) is 17.7 Å². The predicted molar refractivity (Wildman–Crippen MR) is 137 cm³/mol. The summed E-state index contributed by atoms with van der Waals surface area (Å²) in [6, 6.07) is 7.52. The smallest absolute Gasteiger partial charge is 0.225 e. The van der Waals surface area contributed by atoms with Gasteiger partial charge in [0, 0.05) is 24.7 Å². The lowest BCUT2D eigenvalue weighted by Crippen LogP contribution is -2.30. The van der Waals surface area contributed by atoms with Crippen LogP contribution in [0.2, 0.25) is 5.02 Å². The number of aliphatic hydroxyl groups excluding tert-OH is 2.